The van der Waals surface area contributed by atoms with Crippen molar-refractivity contribution in [3.8, 4) is 11.5 Å². The lowest BCUT2D eigenvalue weighted by Crippen LogP contribution is -2.39. The number of carbonyl (C=O) groups excluding carboxylic acids is 1. The molecule has 22 heavy (non-hydrogen) atoms. The van der Waals surface area contributed by atoms with Crippen molar-refractivity contribution in [2.75, 3.05) is 7.11 Å². The van der Waals surface area contributed by atoms with Gasteiger partial charge in [-0.1, -0.05) is 6.07 Å². The lowest BCUT2D eigenvalue weighted by atomic mass is 9.93. The van der Waals surface area contributed by atoms with Crippen molar-refractivity contribution in [2.24, 2.45) is 0 Å². The SMILES string of the molecule is COc1cccc(OCc2cc(C(=O)NC3CCC3)n[nH]2)c1. The second kappa shape index (κ2) is 6.51. The molecule has 1 aliphatic carbocycles. The number of carbonyl (C=O) groups is 1. The maximum Gasteiger partial charge on any atom is 0.271 e. The van der Waals surface area contributed by atoms with Gasteiger partial charge in [-0.15, -0.1) is 0 Å². The number of hydrogen-bond donors (Lipinski definition) is 2. The van der Waals surface area contributed by atoms with Crippen LogP contribution in [0.3, 0.4) is 0 Å². The number of H-pyrrole nitrogens is 1. The molecular weight excluding hydrogens is 282 g/mol. The van der Waals surface area contributed by atoms with Gasteiger partial charge in [0.15, 0.2) is 0 Å². The zero-order chi connectivity index (χ0) is 15.4. The Labute approximate surface area is 128 Å². The molecule has 1 saturated carbocycles. The van der Waals surface area contributed by atoms with Gasteiger partial charge in [-0.05, 0) is 37.5 Å². The topological polar surface area (TPSA) is 76.2 Å². The van der Waals surface area contributed by atoms with Gasteiger partial charge in [0.1, 0.15) is 23.8 Å². The van der Waals surface area contributed by atoms with Gasteiger partial charge in [0.2, 0.25) is 0 Å². The Balaban J connectivity index is 1.55. The molecule has 0 radical (unpaired) electrons. The predicted octanol–water partition coefficient (Wildman–Crippen LogP) is 2.28. The summed E-state index contributed by atoms with van der Waals surface area (Å²) < 4.78 is 10.8. The number of aromatic amines is 1. The molecule has 6 heteroatoms. The van der Waals surface area contributed by atoms with Crippen molar-refractivity contribution < 1.29 is 14.3 Å². The Morgan fingerprint density at radius 1 is 1.36 bits per heavy atom. The van der Waals surface area contributed by atoms with Gasteiger partial charge in [-0.3, -0.25) is 9.89 Å². The summed E-state index contributed by atoms with van der Waals surface area (Å²) in [5, 5.41) is 9.82. The Morgan fingerprint density at radius 3 is 2.91 bits per heavy atom. The molecule has 1 aromatic heterocycles. The molecule has 0 bridgehead atoms. The molecule has 0 spiro atoms. The number of nitrogens with zero attached hydrogens (tertiary/aromatic N) is 1. The largest absolute Gasteiger partial charge is 0.497 e. The van der Waals surface area contributed by atoms with Crippen LogP contribution in [-0.4, -0.2) is 29.3 Å². The second-order valence-corrected chi connectivity index (χ2v) is 5.35. The van der Waals surface area contributed by atoms with Gasteiger partial charge < -0.3 is 14.8 Å². The molecule has 2 aromatic rings. The number of aromatic nitrogens is 2. The first-order valence-electron chi connectivity index (χ1n) is 7.36. The normalized spacial score (nSPS) is 14.2. The van der Waals surface area contributed by atoms with E-state index in [1.54, 1.807) is 19.2 Å². The second-order valence-electron chi connectivity index (χ2n) is 5.35. The quantitative estimate of drug-likeness (QED) is 0.858. The lowest BCUT2D eigenvalue weighted by Gasteiger charge is -2.25. The van der Waals surface area contributed by atoms with Crippen molar-refractivity contribution in [2.45, 2.75) is 31.9 Å². The molecule has 1 heterocycles. The van der Waals surface area contributed by atoms with Crippen LogP contribution < -0.4 is 14.8 Å². The van der Waals surface area contributed by atoms with E-state index in [-0.39, 0.29) is 5.91 Å². The first-order chi connectivity index (χ1) is 10.7. The Hall–Kier alpha value is -2.50. The highest BCUT2D eigenvalue weighted by Crippen LogP contribution is 2.20. The maximum absolute atomic E-state index is 12.0. The summed E-state index contributed by atoms with van der Waals surface area (Å²) in [5.74, 6) is 1.31. The molecule has 0 aliphatic heterocycles. The van der Waals surface area contributed by atoms with E-state index >= 15 is 0 Å². The number of methoxy groups -OCH3 is 1. The van der Waals surface area contributed by atoms with Crippen molar-refractivity contribution in [3.05, 3.63) is 41.7 Å². The predicted molar refractivity (Wildman–Crippen MR) is 81.0 cm³/mol. The minimum atomic E-state index is -0.131. The summed E-state index contributed by atoms with van der Waals surface area (Å²) >= 11 is 0. The minimum absolute atomic E-state index is 0.131. The highest BCUT2D eigenvalue weighted by molar-refractivity contribution is 5.92. The molecule has 0 saturated heterocycles. The van der Waals surface area contributed by atoms with E-state index in [1.165, 1.54) is 6.42 Å². The van der Waals surface area contributed by atoms with Gasteiger partial charge in [0.25, 0.3) is 5.91 Å². The van der Waals surface area contributed by atoms with E-state index in [9.17, 15) is 4.79 Å². The zero-order valence-electron chi connectivity index (χ0n) is 12.5. The summed E-state index contributed by atoms with van der Waals surface area (Å²) in [7, 11) is 1.61. The van der Waals surface area contributed by atoms with Crippen LogP contribution >= 0.6 is 0 Å². The number of benzene rings is 1. The average Bonchev–Trinajstić information content (AvgIpc) is 2.98. The van der Waals surface area contributed by atoms with Crippen LogP contribution in [0.25, 0.3) is 0 Å². The van der Waals surface area contributed by atoms with Gasteiger partial charge >= 0.3 is 0 Å². The van der Waals surface area contributed by atoms with Crippen LogP contribution in [0, 0.1) is 0 Å². The molecule has 1 fully saturated rings. The zero-order valence-corrected chi connectivity index (χ0v) is 12.5. The first-order valence-corrected chi connectivity index (χ1v) is 7.36. The maximum atomic E-state index is 12.0. The fourth-order valence-electron chi connectivity index (χ4n) is 2.22. The van der Waals surface area contributed by atoms with Crippen LogP contribution in [0.5, 0.6) is 11.5 Å². The minimum Gasteiger partial charge on any atom is -0.497 e. The van der Waals surface area contributed by atoms with Gasteiger partial charge in [0.05, 0.1) is 12.8 Å². The van der Waals surface area contributed by atoms with Gasteiger partial charge in [-0.2, -0.15) is 5.10 Å². The van der Waals surface area contributed by atoms with Crippen molar-refractivity contribution >= 4 is 5.91 Å². The molecule has 116 valence electrons. The standard InChI is InChI=1S/C16H19N3O3/c1-21-13-6-3-7-14(9-13)22-10-12-8-15(19-18-12)16(20)17-11-4-2-5-11/h3,6-9,11H,2,4-5,10H2,1H3,(H,17,20)(H,18,19). The van der Waals surface area contributed by atoms with E-state index in [0.29, 0.717) is 24.1 Å². The Kier molecular flexibility index (Phi) is 4.27. The number of nitrogens with one attached hydrogen (secondary N) is 2. The number of ether oxygens (including phenoxy) is 2. The van der Waals surface area contributed by atoms with Crippen LogP contribution in [0.4, 0.5) is 0 Å². The van der Waals surface area contributed by atoms with E-state index in [0.717, 1.165) is 24.3 Å². The number of rotatable bonds is 6. The highest BCUT2D eigenvalue weighted by atomic mass is 16.5. The summed E-state index contributed by atoms with van der Waals surface area (Å²) in [6.07, 6.45) is 3.30. The smallest absolute Gasteiger partial charge is 0.271 e. The first kappa shape index (κ1) is 14.4. The average molecular weight is 301 g/mol. The van der Waals surface area contributed by atoms with Crippen LogP contribution in [0.2, 0.25) is 0 Å². The van der Waals surface area contributed by atoms with Crippen molar-refractivity contribution in [3.63, 3.8) is 0 Å². The Bertz CT molecular complexity index is 650. The molecular formula is C16H19N3O3. The van der Waals surface area contributed by atoms with E-state index < -0.39 is 0 Å². The van der Waals surface area contributed by atoms with E-state index in [2.05, 4.69) is 15.5 Å². The van der Waals surface area contributed by atoms with Crippen LogP contribution in [-0.2, 0) is 6.61 Å². The molecule has 1 aromatic carbocycles. The van der Waals surface area contributed by atoms with Crippen molar-refractivity contribution in [1.82, 2.24) is 15.5 Å². The third-order valence-electron chi connectivity index (χ3n) is 3.74. The van der Waals surface area contributed by atoms with Crippen LogP contribution in [0.15, 0.2) is 30.3 Å². The highest BCUT2D eigenvalue weighted by Gasteiger charge is 2.21. The molecule has 1 amide bonds. The molecule has 3 rings (SSSR count). The van der Waals surface area contributed by atoms with Gasteiger partial charge in [-0.25, -0.2) is 0 Å². The molecule has 0 unspecified atom stereocenters. The third kappa shape index (κ3) is 3.39. The van der Waals surface area contributed by atoms with Gasteiger partial charge in [0, 0.05) is 12.1 Å². The molecule has 6 nitrogen and oxygen atoms in total. The Morgan fingerprint density at radius 2 is 2.18 bits per heavy atom. The third-order valence-corrected chi connectivity index (χ3v) is 3.74. The number of amides is 1. The molecule has 1 aliphatic rings. The van der Waals surface area contributed by atoms with Crippen LogP contribution in [0.1, 0.15) is 35.4 Å². The fraction of sp³-hybridized carbons (Fsp3) is 0.375. The summed E-state index contributed by atoms with van der Waals surface area (Å²) in [6, 6.07) is 9.39. The molecule has 2 N–H and O–H groups in total. The van der Waals surface area contributed by atoms with E-state index in [4.69, 9.17) is 9.47 Å². The molecule has 0 atom stereocenters. The summed E-state index contributed by atoms with van der Waals surface area (Å²) in [4.78, 5) is 12.0. The monoisotopic (exact) mass is 301 g/mol. The summed E-state index contributed by atoms with van der Waals surface area (Å²) in [6.45, 7) is 0.316. The summed E-state index contributed by atoms with van der Waals surface area (Å²) in [5.41, 5.74) is 1.15. The number of hydrogen-bond acceptors (Lipinski definition) is 4. The van der Waals surface area contributed by atoms with E-state index in [1.807, 2.05) is 18.2 Å². The van der Waals surface area contributed by atoms with Crippen molar-refractivity contribution in [1.29, 1.82) is 0 Å². The lowest BCUT2D eigenvalue weighted by molar-refractivity contribution is 0.0912. The fourth-order valence-corrected chi connectivity index (χ4v) is 2.22.